The van der Waals surface area contributed by atoms with Gasteiger partial charge in [-0.05, 0) is 28.0 Å². The van der Waals surface area contributed by atoms with Crippen LogP contribution in [0.25, 0.3) is 0 Å². The SMILES string of the molecule is CC(C)c1csc(S(=O)(=O)N[Si](C)(C)C(C)(C)C)c1. The lowest BCUT2D eigenvalue weighted by atomic mass is 10.1. The molecule has 0 aromatic carbocycles. The summed E-state index contributed by atoms with van der Waals surface area (Å²) < 4.78 is 28.3. The summed E-state index contributed by atoms with van der Waals surface area (Å²) >= 11 is 1.31. The number of hydrogen-bond acceptors (Lipinski definition) is 3. The van der Waals surface area contributed by atoms with Crippen LogP contribution in [0.5, 0.6) is 0 Å². The molecule has 0 bridgehead atoms. The third-order valence-electron chi connectivity index (χ3n) is 3.79. The lowest BCUT2D eigenvalue weighted by Crippen LogP contribution is -2.54. The van der Waals surface area contributed by atoms with Gasteiger partial charge in [0.1, 0.15) is 12.4 Å². The monoisotopic (exact) mass is 319 g/mol. The quantitative estimate of drug-likeness (QED) is 0.847. The number of hydrogen-bond donors (Lipinski definition) is 1. The van der Waals surface area contributed by atoms with Crippen LogP contribution in [-0.4, -0.2) is 16.7 Å². The first-order valence-electron chi connectivity index (χ1n) is 6.49. The maximum atomic E-state index is 12.5. The van der Waals surface area contributed by atoms with Crippen molar-refractivity contribution in [3.05, 3.63) is 17.0 Å². The van der Waals surface area contributed by atoms with E-state index in [1.807, 2.05) is 5.38 Å². The summed E-state index contributed by atoms with van der Waals surface area (Å²) in [6.07, 6.45) is 0. The summed E-state index contributed by atoms with van der Waals surface area (Å²) in [5.41, 5.74) is 1.08. The molecule has 0 amide bonds. The van der Waals surface area contributed by atoms with Crippen LogP contribution in [0.4, 0.5) is 0 Å². The Balaban J connectivity index is 3.05. The molecule has 0 atom stereocenters. The van der Waals surface area contributed by atoms with Crippen LogP contribution < -0.4 is 4.39 Å². The molecule has 0 unspecified atom stereocenters. The smallest absolute Gasteiger partial charge is 0.232 e. The van der Waals surface area contributed by atoms with Gasteiger partial charge in [-0.25, -0.2) is 12.8 Å². The fraction of sp³-hybridized carbons (Fsp3) is 0.692. The molecule has 19 heavy (non-hydrogen) atoms. The molecule has 0 fully saturated rings. The first-order valence-corrected chi connectivity index (χ1v) is 11.9. The van der Waals surface area contributed by atoms with E-state index in [4.69, 9.17) is 0 Å². The Labute approximate surface area is 122 Å². The Kier molecular flexibility index (Phi) is 4.72. The molecular formula is C13H25NO2S2Si. The maximum absolute atomic E-state index is 12.5. The van der Waals surface area contributed by atoms with Gasteiger partial charge < -0.3 is 0 Å². The van der Waals surface area contributed by atoms with Crippen LogP contribution in [0.1, 0.15) is 46.1 Å². The zero-order valence-corrected chi connectivity index (χ0v) is 15.5. The highest BCUT2D eigenvalue weighted by Crippen LogP contribution is 2.35. The second-order valence-electron chi connectivity index (χ2n) is 6.83. The zero-order valence-electron chi connectivity index (χ0n) is 12.9. The van der Waals surface area contributed by atoms with E-state index in [1.54, 1.807) is 6.07 Å². The summed E-state index contributed by atoms with van der Waals surface area (Å²) in [7, 11) is -5.46. The van der Waals surface area contributed by atoms with Crippen molar-refractivity contribution in [1.82, 2.24) is 4.39 Å². The third-order valence-corrected chi connectivity index (χ3v) is 13.0. The highest BCUT2D eigenvalue weighted by atomic mass is 32.2. The molecule has 0 aliphatic heterocycles. The average Bonchev–Trinajstić information content (AvgIpc) is 2.62. The van der Waals surface area contributed by atoms with E-state index in [9.17, 15) is 8.42 Å². The molecule has 0 aliphatic rings. The fourth-order valence-corrected chi connectivity index (χ4v) is 7.74. The average molecular weight is 320 g/mol. The van der Waals surface area contributed by atoms with Gasteiger partial charge in [-0.1, -0.05) is 47.7 Å². The summed E-state index contributed by atoms with van der Waals surface area (Å²) in [6, 6.07) is 1.80. The van der Waals surface area contributed by atoms with E-state index >= 15 is 0 Å². The van der Waals surface area contributed by atoms with Gasteiger partial charge in [0.2, 0.25) is 10.0 Å². The minimum Gasteiger partial charge on any atom is -0.232 e. The zero-order chi connectivity index (χ0) is 15.1. The van der Waals surface area contributed by atoms with Gasteiger partial charge in [0, 0.05) is 0 Å². The first kappa shape index (κ1) is 16.9. The van der Waals surface area contributed by atoms with E-state index in [-0.39, 0.29) is 5.04 Å². The molecule has 0 aliphatic carbocycles. The van der Waals surface area contributed by atoms with Crippen LogP contribution in [0.2, 0.25) is 18.1 Å². The van der Waals surface area contributed by atoms with E-state index in [0.717, 1.165) is 5.56 Å². The van der Waals surface area contributed by atoms with Crippen molar-refractivity contribution in [3.63, 3.8) is 0 Å². The van der Waals surface area contributed by atoms with Gasteiger partial charge in [0.15, 0.2) is 0 Å². The number of thiophene rings is 1. The lowest BCUT2D eigenvalue weighted by molar-refractivity contribution is 0.591. The van der Waals surface area contributed by atoms with Gasteiger partial charge in [-0.15, -0.1) is 11.3 Å². The molecule has 6 heteroatoms. The summed E-state index contributed by atoms with van der Waals surface area (Å²) in [6.45, 7) is 14.5. The molecular weight excluding hydrogens is 294 g/mol. The van der Waals surface area contributed by atoms with Gasteiger partial charge in [0.25, 0.3) is 0 Å². The lowest BCUT2D eigenvalue weighted by Gasteiger charge is -2.36. The Morgan fingerprint density at radius 1 is 1.26 bits per heavy atom. The standard InChI is InChI=1S/C13H25NO2S2Si/c1-10(2)11-8-12(17-9-11)18(15,16)14-19(6,7)13(3,4)5/h8-10,14H,1-7H3. The molecule has 1 N–H and O–H groups in total. The third kappa shape index (κ3) is 3.90. The van der Waals surface area contributed by atoms with Gasteiger partial charge in [-0.3, -0.25) is 0 Å². The van der Waals surface area contributed by atoms with Crippen LogP contribution in [0, 0.1) is 0 Å². The summed E-state index contributed by atoms with van der Waals surface area (Å²) in [5.74, 6) is 0.355. The van der Waals surface area contributed by atoms with E-state index in [1.165, 1.54) is 11.3 Å². The highest BCUT2D eigenvalue weighted by Gasteiger charge is 2.39. The maximum Gasteiger partial charge on any atom is 0.244 e. The molecule has 1 heterocycles. The van der Waals surface area contributed by atoms with E-state index < -0.39 is 18.3 Å². The van der Waals surface area contributed by atoms with Crippen molar-refractivity contribution in [2.24, 2.45) is 0 Å². The van der Waals surface area contributed by atoms with Crippen molar-refractivity contribution in [2.45, 2.75) is 62.9 Å². The van der Waals surface area contributed by atoms with Crippen molar-refractivity contribution in [1.29, 1.82) is 0 Å². The molecule has 0 spiro atoms. The minimum absolute atomic E-state index is 0.0157. The minimum atomic E-state index is -3.38. The molecule has 1 rings (SSSR count). The molecule has 110 valence electrons. The molecule has 0 saturated heterocycles. The van der Waals surface area contributed by atoms with Gasteiger partial charge >= 0.3 is 0 Å². The highest BCUT2D eigenvalue weighted by molar-refractivity contribution is 7.93. The van der Waals surface area contributed by atoms with Gasteiger partial charge in [-0.2, -0.15) is 0 Å². The Bertz CT molecular complexity index is 539. The van der Waals surface area contributed by atoms with Crippen LogP contribution in [0.3, 0.4) is 0 Å². The van der Waals surface area contributed by atoms with E-state index in [2.05, 4.69) is 52.1 Å². The summed E-state index contributed by atoms with van der Waals surface area (Å²) in [5, 5.41) is 1.92. The predicted molar refractivity (Wildman–Crippen MR) is 85.9 cm³/mol. The molecule has 0 saturated carbocycles. The fourth-order valence-electron chi connectivity index (χ4n) is 1.31. The van der Waals surface area contributed by atoms with Crippen LogP contribution in [0.15, 0.2) is 15.7 Å². The Hall–Kier alpha value is -0.173. The normalized spacial score (nSPS) is 14.1. The van der Waals surface area contributed by atoms with Gasteiger partial charge in [0.05, 0.1) is 0 Å². The first-order chi connectivity index (χ1) is 8.37. The largest absolute Gasteiger partial charge is 0.244 e. The number of rotatable bonds is 4. The van der Waals surface area contributed by atoms with Crippen molar-refractivity contribution in [2.75, 3.05) is 0 Å². The second kappa shape index (κ2) is 5.31. The van der Waals surface area contributed by atoms with Crippen molar-refractivity contribution in [3.8, 4) is 0 Å². The second-order valence-corrected chi connectivity index (χ2v) is 15.0. The predicted octanol–water partition coefficient (Wildman–Crippen LogP) is 4.16. The Morgan fingerprint density at radius 3 is 2.16 bits per heavy atom. The molecule has 3 nitrogen and oxygen atoms in total. The number of sulfonamides is 1. The van der Waals surface area contributed by atoms with Crippen LogP contribution in [-0.2, 0) is 10.0 Å². The van der Waals surface area contributed by atoms with Crippen molar-refractivity contribution < 1.29 is 8.42 Å². The van der Waals surface area contributed by atoms with E-state index in [0.29, 0.717) is 10.1 Å². The topological polar surface area (TPSA) is 46.2 Å². The summed E-state index contributed by atoms with van der Waals surface area (Å²) in [4.78, 5) is 0. The molecule has 1 aromatic rings. The number of nitrogens with one attached hydrogen (secondary N) is 1. The molecule has 1 aromatic heterocycles. The molecule has 0 radical (unpaired) electrons. The Morgan fingerprint density at radius 2 is 1.79 bits per heavy atom. The van der Waals surface area contributed by atoms with Crippen molar-refractivity contribution >= 4 is 29.6 Å². The van der Waals surface area contributed by atoms with Crippen LogP contribution >= 0.6 is 11.3 Å².